The Kier molecular flexibility index (Phi) is 5.20. The van der Waals surface area contributed by atoms with Crippen LogP contribution in [0.15, 0.2) is 30.3 Å². The molecule has 0 bridgehead atoms. The summed E-state index contributed by atoms with van der Waals surface area (Å²) in [6.07, 6.45) is 0. The summed E-state index contributed by atoms with van der Waals surface area (Å²) in [5.74, 6) is -1.57. The summed E-state index contributed by atoms with van der Waals surface area (Å²) in [5.41, 5.74) is 0.997. The minimum absolute atomic E-state index is 0.287. The average Bonchev–Trinajstić information content (AvgIpc) is 2.36. The molecule has 0 spiro atoms. The van der Waals surface area contributed by atoms with Gasteiger partial charge in [0.05, 0.1) is 6.61 Å². The lowest BCUT2D eigenvalue weighted by molar-refractivity contribution is -0.151. The second-order valence-corrected chi connectivity index (χ2v) is 3.68. The van der Waals surface area contributed by atoms with E-state index in [-0.39, 0.29) is 12.5 Å². The smallest absolute Gasteiger partial charge is 0.318 e. The molecule has 0 aliphatic heterocycles. The molecule has 0 aliphatic carbocycles. The topological polar surface area (TPSA) is 55.4 Å². The van der Waals surface area contributed by atoms with Crippen molar-refractivity contribution < 1.29 is 14.3 Å². The van der Waals surface area contributed by atoms with Gasteiger partial charge in [0, 0.05) is 6.54 Å². The van der Waals surface area contributed by atoms with Gasteiger partial charge >= 0.3 is 5.97 Å². The Hall–Kier alpha value is -1.84. The number of nitrogens with one attached hydrogen (secondary N) is 1. The van der Waals surface area contributed by atoms with Crippen LogP contribution in [-0.4, -0.2) is 18.5 Å². The predicted molar refractivity (Wildman–Crippen MR) is 64.1 cm³/mol. The number of ether oxygens (including phenoxy) is 1. The van der Waals surface area contributed by atoms with Crippen LogP contribution in [0.4, 0.5) is 0 Å². The van der Waals surface area contributed by atoms with Gasteiger partial charge in [-0.3, -0.25) is 9.59 Å². The zero-order chi connectivity index (χ0) is 12.7. The highest BCUT2D eigenvalue weighted by Crippen LogP contribution is 2.01. The van der Waals surface area contributed by atoms with E-state index in [9.17, 15) is 9.59 Å². The molecule has 17 heavy (non-hydrogen) atoms. The number of carbonyl (C=O) groups excluding carboxylic acids is 2. The highest BCUT2D eigenvalue weighted by Gasteiger charge is 2.21. The molecule has 0 radical (unpaired) electrons. The van der Waals surface area contributed by atoms with Crippen LogP contribution < -0.4 is 5.32 Å². The number of rotatable bonds is 5. The Morgan fingerprint density at radius 3 is 2.53 bits per heavy atom. The van der Waals surface area contributed by atoms with Gasteiger partial charge in [0.15, 0.2) is 0 Å². The fourth-order valence-corrected chi connectivity index (χ4v) is 1.31. The van der Waals surface area contributed by atoms with Crippen LogP contribution in [0.1, 0.15) is 19.4 Å². The maximum Gasteiger partial charge on any atom is 0.318 e. The minimum atomic E-state index is -0.765. The first-order chi connectivity index (χ1) is 8.15. The van der Waals surface area contributed by atoms with E-state index < -0.39 is 11.9 Å². The van der Waals surface area contributed by atoms with Crippen molar-refractivity contribution in [3.8, 4) is 0 Å². The van der Waals surface area contributed by atoms with Crippen LogP contribution in [0, 0.1) is 5.92 Å². The Bertz CT molecular complexity index is 376. The summed E-state index contributed by atoms with van der Waals surface area (Å²) in [6.45, 7) is 3.96. The number of esters is 1. The van der Waals surface area contributed by atoms with Gasteiger partial charge in [0.1, 0.15) is 5.92 Å². The van der Waals surface area contributed by atoms with E-state index in [1.807, 2.05) is 30.3 Å². The van der Waals surface area contributed by atoms with Crippen LogP contribution >= 0.6 is 0 Å². The van der Waals surface area contributed by atoms with Crippen molar-refractivity contribution in [1.82, 2.24) is 5.32 Å². The molecule has 0 fully saturated rings. The molecule has 1 unspecified atom stereocenters. The van der Waals surface area contributed by atoms with Gasteiger partial charge in [0.2, 0.25) is 5.91 Å². The molecule has 1 atom stereocenters. The second-order valence-electron chi connectivity index (χ2n) is 3.68. The zero-order valence-corrected chi connectivity index (χ0v) is 10.1. The highest BCUT2D eigenvalue weighted by atomic mass is 16.5. The van der Waals surface area contributed by atoms with Crippen molar-refractivity contribution in [2.24, 2.45) is 5.92 Å². The van der Waals surface area contributed by atoms with E-state index in [2.05, 4.69) is 5.32 Å². The Balaban J connectivity index is 2.42. The predicted octanol–water partition coefficient (Wildman–Crippen LogP) is 1.50. The molecule has 1 amide bonds. The Morgan fingerprint density at radius 1 is 1.29 bits per heavy atom. The van der Waals surface area contributed by atoms with Gasteiger partial charge in [-0.2, -0.15) is 0 Å². The van der Waals surface area contributed by atoms with E-state index >= 15 is 0 Å². The molecule has 4 nitrogen and oxygen atoms in total. The van der Waals surface area contributed by atoms with Crippen LogP contribution in [0.2, 0.25) is 0 Å². The molecule has 92 valence electrons. The molecular weight excluding hydrogens is 218 g/mol. The lowest BCUT2D eigenvalue weighted by Crippen LogP contribution is -2.34. The summed E-state index contributed by atoms with van der Waals surface area (Å²) in [5, 5.41) is 2.70. The Morgan fingerprint density at radius 2 is 1.94 bits per heavy atom. The molecule has 0 saturated carbocycles. The number of amides is 1. The SMILES string of the molecule is CCOC(=O)C(C)C(=O)NCc1ccccc1. The standard InChI is InChI=1S/C13H17NO3/c1-3-17-13(16)10(2)12(15)14-9-11-7-5-4-6-8-11/h4-8,10H,3,9H2,1-2H3,(H,14,15). The quantitative estimate of drug-likeness (QED) is 0.621. The third-order valence-electron chi connectivity index (χ3n) is 2.34. The number of carbonyl (C=O) groups is 2. The molecular formula is C13H17NO3. The van der Waals surface area contributed by atoms with Crippen LogP contribution in [-0.2, 0) is 20.9 Å². The zero-order valence-electron chi connectivity index (χ0n) is 10.1. The van der Waals surface area contributed by atoms with Crippen molar-refractivity contribution in [3.63, 3.8) is 0 Å². The van der Waals surface area contributed by atoms with Crippen molar-refractivity contribution in [2.45, 2.75) is 20.4 Å². The maximum absolute atomic E-state index is 11.6. The van der Waals surface area contributed by atoms with Gasteiger partial charge in [-0.25, -0.2) is 0 Å². The largest absolute Gasteiger partial charge is 0.465 e. The fourth-order valence-electron chi connectivity index (χ4n) is 1.31. The second kappa shape index (κ2) is 6.68. The number of benzene rings is 1. The Labute approximate surface area is 101 Å². The normalized spacial score (nSPS) is 11.6. The van der Waals surface area contributed by atoms with Crippen LogP contribution in [0.5, 0.6) is 0 Å². The van der Waals surface area contributed by atoms with Gasteiger partial charge in [0.25, 0.3) is 0 Å². The van der Waals surface area contributed by atoms with Crippen LogP contribution in [0.25, 0.3) is 0 Å². The van der Waals surface area contributed by atoms with Crippen molar-refractivity contribution >= 4 is 11.9 Å². The average molecular weight is 235 g/mol. The number of hydrogen-bond acceptors (Lipinski definition) is 3. The van der Waals surface area contributed by atoms with E-state index in [0.717, 1.165) is 5.56 Å². The monoisotopic (exact) mass is 235 g/mol. The van der Waals surface area contributed by atoms with Crippen molar-refractivity contribution in [3.05, 3.63) is 35.9 Å². The number of hydrogen-bond donors (Lipinski definition) is 1. The minimum Gasteiger partial charge on any atom is -0.465 e. The lowest BCUT2D eigenvalue weighted by Gasteiger charge is -2.11. The summed E-state index contributed by atoms with van der Waals surface area (Å²) >= 11 is 0. The van der Waals surface area contributed by atoms with Gasteiger partial charge in [-0.05, 0) is 19.4 Å². The van der Waals surface area contributed by atoms with Gasteiger partial charge < -0.3 is 10.1 Å². The molecule has 1 N–H and O–H groups in total. The van der Waals surface area contributed by atoms with E-state index in [1.165, 1.54) is 0 Å². The summed E-state index contributed by atoms with van der Waals surface area (Å²) in [6, 6.07) is 9.53. The molecule has 4 heteroatoms. The first-order valence-electron chi connectivity index (χ1n) is 5.63. The molecule has 0 aromatic heterocycles. The maximum atomic E-state index is 11.6. The van der Waals surface area contributed by atoms with E-state index in [1.54, 1.807) is 13.8 Å². The summed E-state index contributed by atoms with van der Waals surface area (Å²) in [7, 11) is 0. The lowest BCUT2D eigenvalue weighted by atomic mass is 10.1. The van der Waals surface area contributed by atoms with Gasteiger partial charge in [-0.15, -0.1) is 0 Å². The molecule has 0 saturated heterocycles. The first-order valence-corrected chi connectivity index (χ1v) is 5.63. The molecule has 1 aromatic carbocycles. The third-order valence-corrected chi connectivity index (χ3v) is 2.34. The van der Waals surface area contributed by atoms with Crippen molar-refractivity contribution in [2.75, 3.05) is 6.61 Å². The third kappa shape index (κ3) is 4.26. The fraction of sp³-hybridized carbons (Fsp3) is 0.385. The first kappa shape index (κ1) is 13.2. The van der Waals surface area contributed by atoms with Gasteiger partial charge in [-0.1, -0.05) is 30.3 Å². The molecule has 1 rings (SSSR count). The van der Waals surface area contributed by atoms with Crippen molar-refractivity contribution in [1.29, 1.82) is 0 Å². The summed E-state index contributed by atoms with van der Waals surface area (Å²) in [4.78, 5) is 22.9. The molecule has 0 aliphatic rings. The molecule has 0 heterocycles. The molecule has 1 aromatic rings. The van der Waals surface area contributed by atoms with E-state index in [4.69, 9.17) is 4.74 Å². The van der Waals surface area contributed by atoms with E-state index in [0.29, 0.717) is 6.54 Å². The summed E-state index contributed by atoms with van der Waals surface area (Å²) < 4.78 is 4.78. The highest BCUT2D eigenvalue weighted by molar-refractivity contribution is 5.97. The van der Waals surface area contributed by atoms with Crippen LogP contribution in [0.3, 0.4) is 0 Å².